The fourth-order valence-corrected chi connectivity index (χ4v) is 4.28. The maximum absolute atomic E-state index is 11.5. The molecular weight excluding hydrogens is 352 g/mol. The Bertz CT molecular complexity index is 897. The molecule has 3 heterocycles. The van der Waals surface area contributed by atoms with Crippen LogP contribution in [0.5, 0.6) is 0 Å². The molecule has 2 aromatic heterocycles. The second-order valence-corrected chi connectivity index (χ2v) is 7.86. The highest BCUT2D eigenvalue weighted by molar-refractivity contribution is 5.89. The zero-order valence-electron chi connectivity index (χ0n) is 16.7. The van der Waals surface area contributed by atoms with E-state index in [1.807, 2.05) is 20.0 Å². The van der Waals surface area contributed by atoms with Crippen molar-refractivity contribution >= 4 is 11.7 Å². The number of nitrogens with one attached hydrogen (secondary N) is 1. The van der Waals surface area contributed by atoms with Crippen LogP contribution in [0.3, 0.4) is 0 Å². The van der Waals surface area contributed by atoms with Gasteiger partial charge in [-0.2, -0.15) is 0 Å². The van der Waals surface area contributed by atoms with Crippen LogP contribution in [0.15, 0.2) is 12.3 Å². The highest BCUT2D eigenvalue weighted by atomic mass is 16.1. The van der Waals surface area contributed by atoms with Gasteiger partial charge in [-0.25, -0.2) is 9.97 Å². The molecule has 2 aromatic rings. The van der Waals surface area contributed by atoms with Gasteiger partial charge in [-0.15, -0.1) is 0 Å². The van der Waals surface area contributed by atoms with Crippen LogP contribution in [0, 0.1) is 13.8 Å². The minimum Gasteiger partial charge on any atom is -0.363 e. The van der Waals surface area contributed by atoms with Gasteiger partial charge < -0.3 is 16.0 Å². The average Bonchev–Trinajstić information content (AvgIpc) is 3.17. The third-order valence-electron chi connectivity index (χ3n) is 5.99. The molecule has 1 aliphatic carbocycles. The Morgan fingerprint density at radius 2 is 2.11 bits per heavy atom. The van der Waals surface area contributed by atoms with Crippen LogP contribution in [0.4, 0.5) is 5.82 Å². The summed E-state index contributed by atoms with van der Waals surface area (Å²) in [6, 6.07) is 2.54. The molecule has 4 rings (SSSR count). The number of anilines is 1. The Kier molecular flexibility index (Phi) is 5.26. The van der Waals surface area contributed by atoms with Crippen LogP contribution in [-0.2, 0) is 19.4 Å². The highest BCUT2D eigenvalue weighted by Gasteiger charge is 2.26. The summed E-state index contributed by atoms with van der Waals surface area (Å²) in [5.41, 5.74) is 11.3. The smallest absolute Gasteiger partial charge is 0.286 e. The van der Waals surface area contributed by atoms with E-state index in [4.69, 9.17) is 5.73 Å². The summed E-state index contributed by atoms with van der Waals surface area (Å²) in [6.45, 7) is 6.44. The Balaban J connectivity index is 1.44. The summed E-state index contributed by atoms with van der Waals surface area (Å²) < 4.78 is 0. The molecule has 0 unspecified atom stereocenters. The van der Waals surface area contributed by atoms with Crippen molar-refractivity contribution < 1.29 is 4.79 Å². The molecule has 1 saturated heterocycles. The first-order chi connectivity index (χ1) is 13.5. The molecular formula is C21H28N6O. The molecule has 1 amide bonds. The number of aromatic nitrogens is 3. The number of carbonyl (C=O) groups is 1. The van der Waals surface area contributed by atoms with Gasteiger partial charge in [-0.05, 0) is 63.1 Å². The molecule has 7 heteroatoms. The third kappa shape index (κ3) is 3.71. The van der Waals surface area contributed by atoms with E-state index >= 15 is 0 Å². The predicted octanol–water partition coefficient (Wildman–Crippen LogP) is 1.83. The monoisotopic (exact) mass is 380 g/mol. The van der Waals surface area contributed by atoms with Crippen molar-refractivity contribution in [2.24, 2.45) is 5.73 Å². The van der Waals surface area contributed by atoms with Gasteiger partial charge in [-0.1, -0.05) is 0 Å². The molecule has 1 fully saturated rings. The predicted molar refractivity (Wildman–Crippen MR) is 108 cm³/mol. The maximum Gasteiger partial charge on any atom is 0.286 e. The lowest BCUT2D eigenvalue weighted by molar-refractivity contribution is 0.0990. The van der Waals surface area contributed by atoms with E-state index in [0.717, 1.165) is 49.6 Å². The van der Waals surface area contributed by atoms with Crippen LogP contribution < -0.4 is 16.0 Å². The Labute approximate surface area is 165 Å². The van der Waals surface area contributed by atoms with E-state index in [9.17, 15) is 4.79 Å². The minimum atomic E-state index is -0.585. The van der Waals surface area contributed by atoms with E-state index in [1.165, 1.54) is 36.1 Å². The standard InChI is InChI=1S/C21H28N6O/c1-13-14(2)25-20(19(22)28)26-21(13)27-10-8-16(12-27)24-11-18-17-6-4-3-5-15(17)7-9-23-18/h7,9,16,24H,3-6,8,10-12H2,1-2H3,(H2,22,28)/t16-/m1/s1. The summed E-state index contributed by atoms with van der Waals surface area (Å²) in [7, 11) is 0. The second-order valence-electron chi connectivity index (χ2n) is 7.86. The molecule has 28 heavy (non-hydrogen) atoms. The van der Waals surface area contributed by atoms with Gasteiger partial charge in [0.15, 0.2) is 0 Å². The molecule has 0 spiro atoms. The molecule has 7 nitrogen and oxygen atoms in total. The van der Waals surface area contributed by atoms with Gasteiger partial charge in [0.2, 0.25) is 5.82 Å². The Morgan fingerprint density at radius 1 is 1.29 bits per heavy atom. The molecule has 1 atom stereocenters. The van der Waals surface area contributed by atoms with E-state index in [2.05, 4.69) is 31.2 Å². The van der Waals surface area contributed by atoms with Crippen molar-refractivity contribution in [3.8, 4) is 0 Å². The lowest BCUT2D eigenvalue weighted by Gasteiger charge is -2.22. The molecule has 3 N–H and O–H groups in total. The Hall–Kier alpha value is -2.54. The van der Waals surface area contributed by atoms with Gasteiger partial charge in [0.05, 0.1) is 5.69 Å². The number of primary amides is 1. The fourth-order valence-electron chi connectivity index (χ4n) is 4.28. The zero-order valence-corrected chi connectivity index (χ0v) is 16.7. The molecule has 148 valence electrons. The molecule has 2 aliphatic rings. The number of hydrogen-bond acceptors (Lipinski definition) is 6. The summed E-state index contributed by atoms with van der Waals surface area (Å²) in [4.78, 5) is 27.0. The largest absolute Gasteiger partial charge is 0.363 e. The highest BCUT2D eigenvalue weighted by Crippen LogP contribution is 2.25. The third-order valence-corrected chi connectivity index (χ3v) is 5.99. The van der Waals surface area contributed by atoms with Crippen LogP contribution in [-0.4, -0.2) is 40.0 Å². The first-order valence-corrected chi connectivity index (χ1v) is 10.1. The summed E-state index contributed by atoms with van der Waals surface area (Å²) in [5, 5.41) is 3.68. The van der Waals surface area contributed by atoms with E-state index in [1.54, 1.807) is 0 Å². The number of aryl methyl sites for hydroxylation is 2. The SMILES string of the molecule is Cc1nc(C(N)=O)nc(N2CC[C@@H](NCc3nccc4c3CCCC4)C2)c1C. The molecule has 0 aromatic carbocycles. The lowest BCUT2D eigenvalue weighted by atomic mass is 9.91. The van der Waals surface area contributed by atoms with Crippen molar-refractivity contribution in [1.82, 2.24) is 20.3 Å². The van der Waals surface area contributed by atoms with Crippen LogP contribution in [0.2, 0.25) is 0 Å². The number of rotatable bonds is 5. The number of hydrogen-bond donors (Lipinski definition) is 2. The molecule has 0 radical (unpaired) electrons. The van der Waals surface area contributed by atoms with E-state index in [0.29, 0.717) is 6.04 Å². The van der Waals surface area contributed by atoms with E-state index < -0.39 is 5.91 Å². The zero-order chi connectivity index (χ0) is 19.7. The summed E-state index contributed by atoms with van der Waals surface area (Å²) in [6.07, 6.45) is 7.84. The second kappa shape index (κ2) is 7.83. The van der Waals surface area contributed by atoms with Gasteiger partial charge in [0.1, 0.15) is 5.82 Å². The summed E-state index contributed by atoms with van der Waals surface area (Å²) in [5.74, 6) is 0.327. The van der Waals surface area contributed by atoms with Crippen molar-refractivity contribution in [1.29, 1.82) is 0 Å². The minimum absolute atomic E-state index is 0.0922. The van der Waals surface area contributed by atoms with E-state index in [-0.39, 0.29) is 5.82 Å². The van der Waals surface area contributed by atoms with Crippen molar-refractivity contribution in [2.45, 2.75) is 58.5 Å². The molecule has 0 saturated carbocycles. The van der Waals surface area contributed by atoms with Gasteiger partial charge in [0.25, 0.3) is 5.91 Å². The number of amides is 1. The van der Waals surface area contributed by atoms with Gasteiger partial charge in [-0.3, -0.25) is 9.78 Å². The van der Waals surface area contributed by atoms with Crippen molar-refractivity contribution in [3.63, 3.8) is 0 Å². The number of carbonyl (C=O) groups excluding carboxylic acids is 1. The van der Waals surface area contributed by atoms with Gasteiger partial charge in [0, 0.05) is 43.1 Å². The van der Waals surface area contributed by atoms with Crippen LogP contribution >= 0.6 is 0 Å². The van der Waals surface area contributed by atoms with Crippen molar-refractivity contribution in [3.05, 3.63) is 46.2 Å². The van der Waals surface area contributed by atoms with Gasteiger partial charge >= 0.3 is 0 Å². The lowest BCUT2D eigenvalue weighted by Crippen LogP contribution is -2.33. The molecule has 1 aliphatic heterocycles. The average molecular weight is 380 g/mol. The van der Waals surface area contributed by atoms with Crippen LogP contribution in [0.25, 0.3) is 0 Å². The first-order valence-electron chi connectivity index (χ1n) is 10.1. The van der Waals surface area contributed by atoms with Crippen LogP contribution in [0.1, 0.15) is 58.0 Å². The first kappa shape index (κ1) is 18.8. The number of fused-ring (bicyclic) bond motifs is 1. The topological polar surface area (TPSA) is 97.0 Å². The summed E-state index contributed by atoms with van der Waals surface area (Å²) >= 11 is 0. The maximum atomic E-state index is 11.5. The number of pyridine rings is 1. The number of nitrogens with zero attached hydrogens (tertiary/aromatic N) is 4. The number of nitrogens with two attached hydrogens (primary N) is 1. The Morgan fingerprint density at radius 3 is 2.93 bits per heavy atom. The normalized spacial score (nSPS) is 18.9. The van der Waals surface area contributed by atoms with Crippen molar-refractivity contribution in [2.75, 3.05) is 18.0 Å². The molecule has 0 bridgehead atoms. The quantitative estimate of drug-likeness (QED) is 0.821. The fraction of sp³-hybridized carbons (Fsp3) is 0.524.